The van der Waals surface area contributed by atoms with E-state index in [0.717, 1.165) is 15.0 Å². The summed E-state index contributed by atoms with van der Waals surface area (Å²) in [6.07, 6.45) is 10.7. The number of unbranched alkanes of at least 4 members (excludes halogenated alkanes) is 1. The second-order valence-corrected chi connectivity index (χ2v) is 4.19. The van der Waals surface area contributed by atoms with Gasteiger partial charge in [0, 0.05) is 0 Å². The number of rotatable bonds is 4. The van der Waals surface area contributed by atoms with Crippen molar-refractivity contribution >= 4 is 0 Å². The van der Waals surface area contributed by atoms with E-state index in [1.54, 1.807) is 4.47 Å². The van der Waals surface area contributed by atoms with E-state index in [1.807, 2.05) is 0 Å². The van der Waals surface area contributed by atoms with Crippen molar-refractivity contribution in [2.45, 2.75) is 31.5 Å². The molecule has 57 valence electrons. The Morgan fingerprint density at radius 1 is 1.60 bits per heavy atom. The molecule has 0 unspecified atom stereocenters. The van der Waals surface area contributed by atoms with E-state index in [1.165, 1.54) is 24.6 Å². The van der Waals surface area contributed by atoms with Gasteiger partial charge in [-0.1, -0.05) is 0 Å². The van der Waals surface area contributed by atoms with E-state index >= 15 is 0 Å². The fraction of sp³-hybridized carbons (Fsp3) is 0.556. The first-order chi connectivity index (χ1) is 4.93. The van der Waals surface area contributed by atoms with Gasteiger partial charge in [0.25, 0.3) is 0 Å². The summed E-state index contributed by atoms with van der Waals surface area (Å²) in [5.74, 6) is 0. The SMILES string of the molecule is CCC[CH2][Mn][C]1=CC=CC1. The Morgan fingerprint density at radius 3 is 3.10 bits per heavy atom. The monoisotopic (exact) mass is 177 g/mol. The predicted octanol–water partition coefficient (Wildman–Crippen LogP) is 3.13. The maximum absolute atomic E-state index is 2.27. The summed E-state index contributed by atoms with van der Waals surface area (Å²) in [4.78, 5) is 0. The van der Waals surface area contributed by atoms with Gasteiger partial charge >= 0.3 is 69.2 Å². The normalized spacial score (nSPS) is 15.9. The Balaban J connectivity index is 2.04. The quantitative estimate of drug-likeness (QED) is 0.457. The Hall–Kier alpha value is -0.000519. The van der Waals surface area contributed by atoms with E-state index < -0.39 is 0 Å². The van der Waals surface area contributed by atoms with Gasteiger partial charge in [0.15, 0.2) is 0 Å². The summed E-state index contributed by atoms with van der Waals surface area (Å²) in [7, 11) is 0. The average Bonchev–Trinajstić information content (AvgIpc) is 2.41. The summed E-state index contributed by atoms with van der Waals surface area (Å²) in [5, 5.41) is 1.41. The molecule has 0 saturated carbocycles. The molecule has 0 radical (unpaired) electrons. The van der Waals surface area contributed by atoms with Crippen molar-refractivity contribution in [2.75, 3.05) is 0 Å². The van der Waals surface area contributed by atoms with Crippen LogP contribution in [0.4, 0.5) is 0 Å². The fourth-order valence-corrected chi connectivity index (χ4v) is 2.41. The number of allylic oxidation sites excluding steroid dienone is 4. The van der Waals surface area contributed by atoms with Crippen LogP contribution in [0.2, 0.25) is 5.32 Å². The van der Waals surface area contributed by atoms with Crippen molar-refractivity contribution in [3.05, 3.63) is 22.7 Å². The molecule has 0 spiro atoms. The second-order valence-electron chi connectivity index (χ2n) is 2.42. The molecule has 1 heteroatoms. The molecule has 1 rings (SSSR count). The molecule has 1 aliphatic carbocycles. The molecule has 0 bridgehead atoms. The molecular weight excluding hydrogens is 163 g/mol. The van der Waals surface area contributed by atoms with Gasteiger partial charge in [-0.25, -0.2) is 0 Å². The Morgan fingerprint density at radius 2 is 2.50 bits per heavy atom. The summed E-state index contributed by atoms with van der Waals surface area (Å²) in [6, 6.07) is 0. The van der Waals surface area contributed by atoms with Crippen LogP contribution in [-0.2, 0) is 15.0 Å². The molecule has 0 nitrogen and oxygen atoms in total. The molecule has 1 aliphatic rings. The van der Waals surface area contributed by atoms with Crippen molar-refractivity contribution in [3.8, 4) is 0 Å². The van der Waals surface area contributed by atoms with Crippen molar-refractivity contribution < 1.29 is 15.0 Å². The van der Waals surface area contributed by atoms with Crippen LogP contribution in [0.15, 0.2) is 22.7 Å². The van der Waals surface area contributed by atoms with Gasteiger partial charge in [-0.2, -0.15) is 0 Å². The molecule has 0 amide bonds. The molecule has 0 aromatic rings. The van der Waals surface area contributed by atoms with Gasteiger partial charge in [-0.3, -0.25) is 0 Å². The summed E-state index contributed by atoms with van der Waals surface area (Å²) in [6.45, 7) is 2.26. The van der Waals surface area contributed by atoms with E-state index in [9.17, 15) is 0 Å². The molecule has 0 aromatic carbocycles. The van der Waals surface area contributed by atoms with Gasteiger partial charge in [-0.15, -0.1) is 0 Å². The first-order valence-corrected chi connectivity index (χ1v) is 5.31. The van der Waals surface area contributed by atoms with Crippen LogP contribution >= 0.6 is 0 Å². The molecule has 0 saturated heterocycles. The zero-order chi connectivity index (χ0) is 7.23. The molecule has 0 atom stereocenters. The first-order valence-electron chi connectivity index (χ1n) is 3.88. The van der Waals surface area contributed by atoms with Crippen LogP contribution < -0.4 is 0 Å². The van der Waals surface area contributed by atoms with E-state index in [-0.39, 0.29) is 0 Å². The Bertz CT molecular complexity index is 145. The average molecular weight is 177 g/mol. The van der Waals surface area contributed by atoms with E-state index in [0.29, 0.717) is 0 Å². The van der Waals surface area contributed by atoms with Crippen molar-refractivity contribution in [3.63, 3.8) is 0 Å². The van der Waals surface area contributed by atoms with Gasteiger partial charge in [0.1, 0.15) is 0 Å². The standard InChI is InChI=1S/C5H5.C4H9.Mn/c1-2-4-5-3-1;1-3-4-2;/h1-3H,4H2;1,3-4H2,2H3;. The second kappa shape index (κ2) is 4.76. The minimum atomic E-state index is 1.06. The molecule has 0 fully saturated rings. The third-order valence-corrected chi connectivity index (χ3v) is 3.17. The van der Waals surface area contributed by atoms with Crippen LogP contribution in [0.25, 0.3) is 0 Å². The van der Waals surface area contributed by atoms with Crippen molar-refractivity contribution in [2.24, 2.45) is 0 Å². The van der Waals surface area contributed by atoms with Gasteiger partial charge in [0.2, 0.25) is 0 Å². The number of hydrogen-bond acceptors (Lipinski definition) is 0. The van der Waals surface area contributed by atoms with Crippen LogP contribution in [0.1, 0.15) is 26.2 Å². The van der Waals surface area contributed by atoms with E-state index in [2.05, 4.69) is 25.2 Å². The third kappa shape index (κ3) is 2.72. The molecular formula is C9H14Mn. The third-order valence-electron chi connectivity index (χ3n) is 1.48. The van der Waals surface area contributed by atoms with Crippen molar-refractivity contribution in [1.29, 1.82) is 0 Å². The number of hydrogen-bond donors (Lipinski definition) is 0. The van der Waals surface area contributed by atoms with Crippen LogP contribution in [0, 0.1) is 0 Å². The topological polar surface area (TPSA) is 0 Å². The van der Waals surface area contributed by atoms with Crippen molar-refractivity contribution in [1.82, 2.24) is 0 Å². The molecule has 10 heavy (non-hydrogen) atoms. The summed E-state index contributed by atoms with van der Waals surface area (Å²) in [5.41, 5.74) is 0. The van der Waals surface area contributed by atoms with Crippen LogP contribution in [-0.4, -0.2) is 0 Å². The summed E-state index contributed by atoms with van der Waals surface area (Å²) >= 11 is 1.06. The Kier molecular flexibility index (Phi) is 3.86. The summed E-state index contributed by atoms with van der Waals surface area (Å²) < 4.78 is 1.65. The molecule has 0 aliphatic heterocycles. The molecule has 0 aromatic heterocycles. The van der Waals surface area contributed by atoms with Gasteiger partial charge < -0.3 is 0 Å². The van der Waals surface area contributed by atoms with Gasteiger partial charge in [0.05, 0.1) is 0 Å². The Labute approximate surface area is 69.6 Å². The minimum absolute atomic E-state index is 1.06. The maximum atomic E-state index is 2.27. The fourth-order valence-electron chi connectivity index (χ4n) is 0.842. The van der Waals surface area contributed by atoms with Gasteiger partial charge in [-0.05, 0) is 0 Å². The first kappa shape index (κ1) is 8.10. The molecule has 0 N–H and O–H groups in total. The molecule has 0 heterocycles. The van der Waals surface area contributed by atoms with E-state index in [4.69, 9.17) is 0 Å². The zero-order valence-corrected chi connectivity index (χ0v) is 7.62. The van der Waals surface area contributed by atoms with Crippen LogP contribution in [0.3, 0.4) is 0 Å². The van der Waals surface area contributed by atoms with Crippen LogP contribution in [0.5, 0.6) is 0 Å². The predicted molar refractivity (Wildman–Crippen MR) is 41.6 cm³/mol. The zero-order valence-electron chi connectivity index (χ0n) is 6.44.